The van der Waals surface area contributed by atoms with E-state index in [-0.39, 0.29) is 0 Å². The van der Waals surface area contributed by atoms with Crippen LogP contribution in [0, 0.1) is 0 Å². The van der Waals surface area contributed by atoms with E-state index in [4.69, 9.17) is 0 Å². The predicted octanol–water partition coefficient (Wildman–Crippen LogP) is 1.94. The fourth-order valence-corrected chi connectivity index (χ4v) is 1.83. The molecule has 2 rings (SSSR count). The van der Waals surface area contributed by atoms with E-state index in [2.05, 4.69) is 28.9 Å². The summed E-state index contributed by atoms with van der Waals surface area (Å²) in [6.45, 7) is 2.19. The maximum Gasteiger partial charge on any atom is 0.201 e. The van der Waals surface area contributed by atoms with Crippen molar-refractivity contribution in [2.45, 2.75) is 6.42 Å². The maximum atomic E-state index is 4.65. The Bertz CT molecular complexity index is 333. The minimum atomic E-state index is 1.02. The van der Waals surface area contributed by atoms with Crippen LogP contribution >= 0.6 is 0 Å². The van der Waals surface area contributed by atoms with Gasteiger partial charge < -0.3 is 9.80 Å². The molecule has 1 aliphatic heterocycles. The number of guanidine groups is 1. The first-order chi connectivity index (χ1) is 7.27. The average Bonchev–Trinajstić information content (AvgIpc) is 2.25. The molecule has 0 radical (unpaired) electrons. The molecular weight excluding hydrogens is 186 g/mol. The van der Waals surface area contributed by atoms with E-state index in [1.807, 2.05) is 30.3 Å². The van der Waals surface area contributed by atoms with Crippen molar-refractivity contribution in [3.63, 3.8) is 0 Å². The van der Waals surface area contributed by atoms with Gasteiger partial charge >= 0.3 is 0 Å². The second-order valence-corrected chi connectivity index (χ2v) is 3.94. The third-order valence-electron chi connectivity index (χ3n) is 2.66. The number of aliphatic imine (C=N–C) groups is 1. The number of hydrogen-bond donors (Lipinski definition) is 0. The second kappa shape index (κ2) is 4.34. The zero-order valence-electron chi connectivity index (χ0n) is 9.35. The summed E-state index contributed by atoms with van der Waals surface area (Å²) in [6, 6.07) is 10.1. The molecule has 3 heteroatoms. The van der Waals surface area contributed by atoms with Gasteiger partial charge in [0.25, 0.3) is 0 Å². The Morgan fingerprint density at radius 3 is 2.20 bits per heavy atom. The number of rotatable bonds is 1. The van der Waals surface area contributed by atoms with Crippen LogP contribution in [0.15, 0.2) is 35.3 Å². The molecule has 80 valence electrons. The number of para-hydroxylation sites is 1. The Balaban J connectivity index is 2.24. The van der Waals surface area contributed by atoms with Crippen LogP contribution in [0.5, 0.6) is 0 Å². The van der Waals surface area contributed by atoms with Crippen LogP contribution < -0.4 is 0 Å². The Labute approximate surface area is 91.0 Å². The third kappa shape index (κ3) is 2.29. The monoisotopic (exact) mass is 203 g/mol. The lowest BCUT2D eigenvalue weighted by molar-refractivity contribution is 0.319. The molecule has 0 saturated carbocycles. The first-order valence-electron chi connectivity index (χ1n) is 5.33. The number of hydrogen-bond acceptors (Lipinski definition) is 1. The van der Waals surface area contributed by atoms with Crippen LogP contribution in [0.25, 0.3) is 0 Å². The van der Waals surface area contributed by atoms with Gasteiger partial charge in [0.2, 0.25) is 5.96 Å². The highest BCUT2D eigenvalue weighted by atomic mass is 15.4. The molecule has 0 bridgehead atoms. The maximum absolute atomic E-state index is 4.65. The molecule has 0 N–H and O–H groups in total. The molecule has 0 atom stereocenters. The zero-order valence-corrected chi connectivity index (χ0v) is 9.35. The molecule has 0 unspecified atom stereocenters. The van der Waals surface area contributed by atoms with Crippen LogP contribution in [0.1, 0.15) is 6.42 Å². The van der Waals surface area contributed by atoms with Crippen molar-refractivity contribution < 1.29 is 0 Å². The molecule has 0 aromatic heterocycles. The Morgan fingerprint density at radius 2 is 1.60 bits per heavy atom. The molecule has 0 spiro atoms. The van der Waals surface area contributed by atoms with Gasteiger partial charge in [-0.3, -0.25) is 0 Å². The molecule has 1 saturated heterocycles. The van der Waals surface area contributed by atoms with Gasteiger partial charge in [0.15, 0.2) is 0 Å². The summed E-state index contributed by atoms with van der Waals surface area (Å²) in [7, 11) is 4.19. The van der Waals surface area contributed by atoms with E-state index in [9.17, 15) is 0 Å². The zero-order chi connectivity index (χ0) is 10.7. The summed E-state index contributed by atoms with van der Waals surface area (Å²) in [5.74, 6) is 1.06. The van der Waals surface area contributed by atoms with Crippen molar-refractivity contribution in [1.29, 1.82) is 0 Å². The summed E-state index contributed by atoms with van der Waals surface area (Å²) in [4.78, 5) is 9.06. The summed E-state index contributed by atoms with van der Waals surface area (Å²) < 4.78 is 0. The van der Waals surface area contributed by atoms with Crippen LogP contribution in [-0.4, -0.2) is 42.9 Å². The molecule has 15 heavy (non-hydrogen) atoms. The quantitative estimate of drug-likeness (QED) is 0.694. The number of nitrogens with zero attached hydrogens (tertiary/aromatic N) is 3. The number of benzene rings is 1. The minimum absolute atomic E-state index is 1.02. The van der Waals surface area contributed by atoms with E-state index in [0.717, 1.165) is 24.7 Å². The Kier molecular flexibility index (Phi) is 2.90. The largest absolute Gasteiger partial charge is 0.346 e. The highest BCUT2D eigenvalue weighted by molar-refractivity contribution is 5.83. The third-order valence-corrected chi connectivity index (χ3v) is 2.66. The average molecular weight is 203 g/mol. The lowest BCUT2D eigenvalue weighted by Crippen LogP contribution is -2.46. The summed E-state index contributed by atoms with van der Waals surface area (Å²) >= 11 is 0. The molecular formula is C12H17N3. The van der Waals surface area contributed by atoms with E-state index < -0.39 is 0 Å². The van der Waals surface area contributed by atoms with Crippen molar-refractivity contribution in [3.05, 3.63) is 30.3 Å². The molecule has 1 fully saturated rings. The molecule has 0 amide bonds. The smallest absolute Gasteiger partial charge is 0.201 e. The standard InChI is InChI=1S/C12H17N3/c1-14-9-6-10-15(2)12(14)13-11-7-4-3-5-8-11/h3-5,7-8H,6,9-10H2,1-2H3. The van der Waals surface area contributed by atoms with E-state index in [1.54, 1.807) is 0 Å². The fourth-order valence-electron chi connectivity index (χ4n) is 1.83. The van der Waals surface area contributed by atoms with Gasteiger partial charge in [-0.15, -0.1) is 0 Å². The van der Waals surface area contributed by atoms with Crippen LogP contribution in [-0.2, 0) is 0 Å². The van der Waals surface area contributed by atoms with Gasteiger partial charge in [-0.05, 0) is 18.6 Å². The van der Waals surface area contributed by atoms with Crippen molar-refractivity contribution in [3.8, 4) is 0 Å². The molecule has 1 aliphatic rings. The van der Waals surface area contributed by atoms with E-state index in [1.165, 1.54) is 6.42 Å². The molecule has 1 heterocycles. The molecule has 0 aliphatic carbocycles. The topological polar surface area (TPSA) is 18.8 Å². The normalized spacial score (nSPS) is 16.8. The summed E-state index contributed by atoms with van der Waals surface area (Å²) in [5, 5.41) is 0. The van der Waals surface area contributed by atoms with Gasteiger partial charge in [0.1, 0.15) is 0 Å². The lowest BCUT2D eigenvalue weighted by atomic mass is 10.3. The molecule has 1 aromatic rings. The molecule has 3 nitrogen and oxygen atoms in total. The van der Waals surface area contributed by atoms with Crippen molar-refractivity contribution in [1.82, 2.24) is 9.80 Å². The lowest BCUT2D eigenvalue weighted by Gasteiger charge is -2.34. The predicted molar refractivity (Wildman–Crippen MR) is 63.4 cm³/mol. The van der Waals surface area contributed by atoms with Gasteiger partial charge in [-0.25, -0.2) is 4.99 Å². The second-order valence-electron chi connectivity index (χ2n) is 3.94. The highest BCUT2D eigenvalue weighted by Gasteiger charge is 2.16. The molecule has 1 aromatic carbocycles. The Hall–Kier alpha value is -1.51. The first kappa shape index (κ1) is 10.0. The van der Waals surface area contributed by atoms with Gasteiger partial charge in [-0.1, -0.05) is 18.2 Å². The van der Waals surface area contributed by atoms with Gasteiger partial charge in [0.05, 0.1) is 5.69 Å². The van der Waals surface area contributed by atoms with Crippen molar-refractivity contribution >= 4 is 11.6 Å². The van der Waals surface area contributed by atoms with Crippen LogP contribution in [0.3, 0.4) is 0 Å². The minimum Gasteiger partial charge on any atom is -0.346 e. The van der Waals surface area contributed by atoms with E-state index >= 15 is 0 Å². The highest BCUT2D eigenvalue weighted by Crippen LogP contribution is 2.14. The van der Waals surface area contributed by atoms with E-state index in [0.29, 0.717) is 0 Å². The Morgan fingerprint density at radius 1 is 1.00 bits per heavy atom. The van der Waals surface area contributed by atoms with Gasteiger partial charge in [-0.2, -0.15) is 0 Å². The summed E-state index contributed by atoms with van der Waals surface area (Å²) in [5.41, 5.74) is 1.02. The fraction of sp³-hybridized carbons (Fsp3) is 0.417. The SMILES string of the molecule is CN1CCCN(C)C1=Nc1ccccc1. The first-order valence-corrected chi connectivity index (χ1v) is 5.33. The summed E-state index contributed by atoms with van der Waals surface area (Å²) in [6.07, 6.45) is 1.21. The van der Waals surface area contributed by atoms with Crippen molar-refractivity contribution in [2.75, 3.05) is 27.2 Å². The van der Waals surface area contributed by atoms with Crippen molar-refractivity contribution in [2.24, 2.45) is 4.99 Å². The van der Waals surface area contributed by atoms with Crippen LogP contribution in [0.2, 0.25) is 0 Å². The van der Waals surface area contributed by atoms with Crippen LogP contribution in [0.4, 0.5) is 5.69 Å². The van der Waals surface area contributed by atoms with Gasteiger partial charge in [0, 0.05) is 27.2 Å².